The number of benzene rings is 1. The second-order valence-corrected chi connectivity index (χ2v) is 6.21. The van der Waals surface area contributed by atoms with Gasteiger partial charge in [-0.1, -0.05) is 29.8 Å². The average molecular weight is 265 g/mol. The Balaban J connectivity index is 1.69. The van der Waals surface area contributed by atoms with E-state index in [9.17, 15) is 9.90 Å². The van der Waals surface area contributed by atoms with Crippen molar-refractivity contribution in [2.45, 2.75) is 25.2 Å². The molecule has 98 valence electrons. The Kier molecular flexibility index (Phi) is 3.97. The molecule has 0 spiro atoms. The molecule has 1 heterocycles. The topological polar surface area (TPSA) is 40.5 Å². The Bertz CT molecular complexity index is 420. The van der Waals surface area contributed by atoms with Crippen LogP contribution in [0.4, 0.5) is 0 Å². The molecule has 2 rings (SSSR count). The number of carbonyl (C=O) groups is 1. The van der Waals surface area contributed by atoms with Gasteiger partial charge < -0.3 is 10.0 Å². The fourth-order valence-corrected chi connectivity index (χ4v) is 2.87. The Morgan fingerprint density at radius 1 is 1.39 bits per heavy atom. The van der Waals surface area contributed by atoms with Gasteiger partial charge in [0.2, 0.25) is 5.91 Å². The molecule has 0 unspecified atom stereocenters. The molecule has 1 amide bonds. The number of amides is 1. The molecule has 1 N–H and O–H groups in total. The van der Waals surface area contributed by atoms with Gasteiger partial charge in [0, 0.05) is 5.75 Å². The van der Waals surface area contributed by atoms with Crippen molar-refractivity contribution in [1.29, 1.82) is 0 Å². The van der Waals surface area contributed by atoms with Crippen LogP contribution in [0.25, 0.3) is 0 Å². The highest BCUT2D eigenvalue weighted by molar-refractivity contribution is 7.99. The fourth-order valence-electron chi connectivity index (χ4n) is 1.98. The zero-order valence-corrected chi connectivity index (χ0v) is 11.7. The SMILES string of the molecule is Cc1ccc(CSCC(=O)N2CC(C)(O)C2)cc1. The molecule has 0 aliphatic carbocycles. The van der Waals surface area contributed by atoms with Gasteiger partial charge >= 0.3 is 0 Å². The molecule has 0 atom stereocenters. The molecule has 1 aliphatic heterocycles. The minimum atomic E-state index is -0.669. The molecule has 1 aliphatic rings. The van der Waals surface area contributed by atoms with Crippen LogP contribution in [0, 0.1) is 6.92 Å². The third-order valence-electron chi connectivity index (χ3n) is 3.03. The molecular weight excluding hydrogens is 246 g/mol. The van der Waals surface area contributed by atoms with Gasteiger partial charge in [-0.3, -0.25) is 4.79 Å². The smallest absolute Gasteiger partial charge is 0.232 e. The van der Waals surface area contributed by atoms with E-state index in [1.807, 2.05) is 0 Å². The summed E-state index contributed by atoms with van der Waals surface area (Å²) in [6, 6.07) is 8.37. The van der Waals surface area contributed by atoms with Crippen LogP contribution in [0.3, 0.4) is 0 Å². The number of nitrogens with zero attached hydrogens (tertiary/aromatic N) is 1. The minimum absolute atomic E-state index is 0.124. The molecule has 1 aromatic rings. The van der Waals surface area contributed by atoms with Crippen molar-refractivity contribution in [3.63, 3.8) is 0 Å². The number of aryl methyl sites for hydroxylation is 1. The van der Waals surface area contributed by atoms with E-state index in [1.54, 1.807) is 23.6 Å². The second kappa shape index (κ2) is 5.33. The van der Waals surface area contributed by atoms with E-state index in [4.69, 9.17) is 0 Å². The van der Waals surface area contributed by atoms with Crippen molar-refractivity contribution in [3.05, 3.63) is 35.4 Å². The third kappa shape index (κ3) is 3.50. The highest BCUT2D eigenvalue weighted by Gasteiger charge is 2.38. The maximum absolute atomic E-state index is 11.8. The van der Waals surface area contributed by atoms with Crippen LogP contribution in [0.2, 0.25) is 0 Å². The van der Waals surface area contributed by atoms with Crippen molar-refractivity contribution >= 4 is 17.7 Å². The van der Waals surface area contributed by atoms with Gasteiger partial charge in [-0.25, -0.2) is 0 Å². The first kappa shape index (κ1) is 13.4. The summed E-state index contributed by atoms with van der Waals surface area (Å²) in [7, 11) is 0. The number of likely N-dealkylation sites (tertiary alicyclic amines) is 1. The quantitative estimate of drug-likeness (QED) is 0.903. The van der Waals surface area contributed by atoms with Crippen LogP contribution in [0.15, 0.2) is 24.3 Å². The lowest BCUT2D eigenvalue weighted by molar-refractivity contribution is -0.149. The molecule has 1 saturated heterocycles. The molecular formula is C14H19NO2S. The molecule has 0 aromatic heterocycles. The van der Waals surface area contributed by atoms with E-state index in [0.29, 0.717) is 18.8 Å². The van der Waals surface area contributed by atoms with Gasteiger partial charge in [0.25, 0.3) is 0 Å². The zero-order chi connectivity index (χ0) is 13.2. The summed E-state index contributed by atoms with van der Waals surface area (Å²) < 4.78 is 0. The number of rotatable bonds is 4. The number of hydrogen-bond acceptors (Lipinski definition) is 3. The summed E-state index contributed by atoms with van der Waals surface area (Å²) >= 11 is 1.63. The van der Waals surface area contributed by atoms with Crippen molar-refractivity contribution in [2.24, 2.45) is 0 Å². The number of β-amino-alcohol motifs (C(OH)–C–C–N with tert-alkyl or cyclic N) is 1. The van der Waals surface area contributed by atoms with Crippen LogP contribution in [0.5, 0.6) is 0 Å². The third-order valence-corrected chi connectivity index (χ3v) is 4.02. The molecule has 3 nitrogen and oxygen atoms in total. The predicted octanol–water partition coefficient (Wildman–Crippen LogP) is 1.82. The van der Waals surface area contributed by atoms with Gasteiger partial charge in [0.1, 0.15) is 0 Å². The summed E-state index contributed by atoms with van der Waals surface area (Å²) in [5.41, 5.74) is 1.83. The van der Waals surface area contributed by atoms with E-state index < -0.39 is 5.60 Å². The fraction of sp³-hybridized carbons (Fsp3) is 0.500. The lowest BCUT2D eigenvalue weighted by Gasteiger charge is -2.44. The number of carbonyl (C=O) groups excluding carboxylic acids is 1. The summed E-state index contributed by atoms with van der Waals surface area (Å²) in [6.07, 6.45) is 0. The highest BCUT2D eigenvalue weighted by atomic mass is 32.2. The Morgan fingerprint density at radius 3 is 2.56 bits per heavy atom. The number of aliphatic hydroxyl groups is 1. The van der Waals surface area contributed by atoms with E-state index in [0.717, 1.165) is 5.75 Å². The van der Waals surface area contributed by atoms with Crippen LogP contribution in [-0.2, 0) is 10.5 Å². The standard InChI is InChI=1S/C14H19NO2S/c1-11-3-5-12(6-4-11)7-18-8-13(16)15-9-14(2,17)10-15/h3-6,17H,7-10H2,1-2H3. The minimum Gasteiger partial charge on any atom is -0.386 e. The maximum Gasteiger partial charge on any atom is 0.232 e. The zero-order valence-electron chi connectivity index (χ0n) is 10.8. The Labute approximate surface area is 112 Å². The summed E-state index contributed by atoms with van der Waals surface area (Å²) in [5.74, 6) is 1.47. The number of thioether (sulfide) groups is 1. The van der Waals surface area contributed by atoms with Crippen LogP contribution in [0.1, 0.15) is 18.1 Å². The normalized spacial score (nSPS) is 17.4. The van der Waals surface area contributed by atoms with Crippen LogP contribution in [-0.4, -0.2) is 40.4 Å². The first-order chi connectivity index (χ1) is 8.46. The summed E-state index contributed by atoms with van der Waals surface area (Å²) in [4.78, 5) is 13.5. The first-order valence-electron chi connectivity index (χ1n) is 6.10. The second-order valence-electron chi connectivity index (χ2n) is 5.23. The van der Waals surface area contributed by atoms with Crippen molar-refractivity contribution in [2.75, 3.05) is 18.8 Å². The average Bonchev–Trinajstić information content (AvgIpc) is 2.28. The van der Waals surface area contributed by atoms with Gasteiger partial charge in [-0.05, 0) is 19.4 Å². The lowest BCUT2D eigenvalue weighted by Crippen LogP contribution is -2.62. The van der Waals surface area contributed by atoms with E-state index in [2.05, 4.69) is 31.2 Å². The molecule has 1 aromatic carbocycles. The molecule has 0 radical (unpaired) electrons. The Hall–Kier alpha value is -1.00. The monoisotopic (exact) mass is 265 g/mol. The first-order valence-corrected chi connectivity index (χ1v) is 7.25. The van der Waals surface area contributed by atoms with E-state index >= 15 is 0 Å². The van der Waals surface area contributed by atoms with Crippen LogP contribution >= 0.6 is 11.8 Å². The lowest BCUT2D eigenvalue weighted by atomic mass is 9.97. The van der Waals surface area contributed by atoms with Crippen molar-refractivity contribution < 1.29 is 9.90 Å². The van der Waals surface area contributed by atoms with Crippen molar-refractivity contribution in [3.8, 4) is 0 Å². The molecule has 4 heteroatoms. The number of hydrogen-bond donors (Lipinski definition) is 1. The maximum atomic E-state index is 11.8. The van der Waals surface area contributed by atoms with Gasteiger partial charge in [0.05, 0.1) is 24.4 Å². The van der Waals surface area contributed by atoms with Gasteiger partial charge in [0.15, 0.2) is 0 Å². The van der Waals surface area contributed by atoms with Crippen molar-refractivity contribution in [1.82, 2.24) is 4.90 Å². The van der Waals surface area contributed by atoms with E-state index in [1.165, 1.54) is 11.1 Å². The summed E-state index contributed by atoms with van der Waals surface area (Å²) in [5, 5.41) is 9.56. The Morgan fingerprint density at radius 2 is 2.00 bits per heavy atom. The predicted molar refractivity (Wildman–Crippen MR) is 74.5 cm³/mol. The molecule has 0 saturated carbocycles. The van der Waals surface area contributed by atoms with Gasteiger partial charge in [-0.15, -0.1) is 11.8 Å². The highest BCUT2D eigenvalue weighted by Crippen LogP contribution is 2.21. The molecule has 0 bridgehead atoms. The molecule has 18 heavy (non-hydrogen) atoms. The molecule has 1 fully saturated rings. The summed E-state index contributed by atoms with van der Waals surface area (Å²) in [6.45, 7) is 4.76. The van der Waals surface area contributed by atoms with E-state index in [-0.39, 0.29) is 5.91 Å². The van der Waals surface area contributed by atoms with Crippen LogP contribution < -0.4 is 0 Å². The van der Waals surface area contributed by atoms with Gasteiger partial charge in [-0.2, -0.15) is 0 Å². The largest absolute Gasteiger partial charge is 0.386 e.